The van der Waals surface area contributed by atoms with Crippen molar-refractivity contribution in [3.8, 4) is 5.75 Å². The van der Waals surface area contributed by atoms with Crippen LogP contribution in [-0.4, -0.2) is 118 Å². The van der Waals surface area contributed by atoms with Crippen LogP contribution in [0.5, 0.6) is 5.75 Å². The normalized spacial score (nSPS) is 21.3. The number of amides is 1. The lowest BCUT2D eigenvalue weighted by molar-refractivity contribution is -0.134. The van der Waals surface area contributed by atoms with E-state index in [-0.39, 0.29) is 33.7 Å². The first-order valence-electron chi connectivity index (χ1n) is 23.4. The molecule has 1 amide bonds. The molecular formula is C49H90N6O3. The number of piperidine rings is 1. The Morgan fingerprint density at radius 3 is 2.03 bits per heavy atom. The van der Waals surface area contributed by atoms with Gasteiger partial charge in [0, 0.05) is 91.2 Å². The van der Waals surface area contributed by atoms with Crippen molar-refractivity contribution in [3.05, 3.63) is 24.0 Å². The molecule has 2 N–H and O–H groups in total. The molecule has 0 atom stereocenters. The molecule has 9 heteroatoms. The minimum Gasteiger partial charge on any atom is -0.490 e. The van der Waals surface area contributed by atoms with Crippen LogP contribution in [0, 0.1) is 5.41 Å². The Kier molecular flexibility index (Phi) is 17.2. The highest BCUT2D eigenvalue weighted by atomic mass is 16.5. The Morgan fingerprint density at radius 1 is 0.759 bits per heavy atom. The maximum atomic E-state index is 12.9. The summed E-state index contributed by atoms with van der Waals surface area (Å²) < 4.78 is 12.9. The van der Waals surface area contributed by atoms with Crippen molar-refractivity contribution in [1.29, 1.82) is 0 Å². The number of nitrogens with one attached hydrogen (secondary N) is 2. The number of likely N-dealkylation sites (tertiary alicyclic amines) is 1. The molecule has 2 aliphatic heterocycles. The molecule has 3 fully saturated rings. The number of carbonyl (C=O) groups excluding carboxylic acids is 1. The summed E-state index contributed by atoms with van der Waals surface area (Å²) in [5.41, 5.74) is 1.52. The first kappa shape index (κ1) is 48.9. The van der Waals surface area contributed by atoms with Gasteiger partial charge in [-0.05, 0) is 151 Å². The van der Waals surface area contributed by atoms with E-state index in [1.807, 2.05) is 12.3 Å². The van der Waals surface area contributed by atoms with Gasteiger partial charge in [0.05, 0.1) is 12.2 Å². The molecule has 3 heterocycles. The summed E-state index contributed by atoms with van der Waals surface area (Å²) >= 11 is 0. The zero-order valence-corrected chi connectivity index (χ0v) is 40.1. The van der Waals surface area contributed by atoms with Gasteiger partial charge in [0.15, 0.2) is 0 Å². The Labute approximate surface area is 356 Å². The van der Waals surface area contributed by atoms with Gasteiger partial charge in [-0.1, -0.05) is 41.0 Å². The standard InChI is InChI=1S/C49H90N6O3/c1-44(2,3)21-16-15-17-43(56)54-29-31-55(32-30-54)48(11,12)24-23-47(9,10)52-38-19-27-53(28-20-38)33-34-57-49(13,14)25-22-46(7,8)42-37-40(18-26-50-42)58-41-35-39(36-41)51-45(4,5)6/h18,26,37-39,41,51-52H,15-17,19-25,27-36H2,1-14H3. The van der Waals surface area contributed by atoms with E-state index in [1.165, 1.54) is 19.3 Å². The third-order valence-electron chi connectivity index (χ3n) is 13.3. The van der Waals surface area contributed by atoms with Crippen LogP contribution in [-0.2, 0) is 14.9 Å². The van der Waals surface area contributed by atoms with Crippen LogP contribution < -0.4 is 15.4 Å². The first-order chi connectivity index (χ1) is 26.8. The molecule has 2 saturated heterocycles. The number of unbranched alkanes of at least 4 members (excludes halogenated alkanes) is 1. The molecule has 1 aliphatic carbocycles. The summed E-state index contributed by atoms with van der Waals surface area (Å²) in [7, 11) is 0. The number of pyridine rings is 1. The summed E-state index contributed by atoms with van der Waals surface area (Å²) in [6.45, 7) is 39.9. The van der Waals surface area contributed by atoms with Gasteiger partial charge in [-0.15, -0.1) is 0 Å². The van der Waals surface area contributed by atoms with E-state index in [1.54, 1.807) is 0 Å². The average molecular weight is 811 g/mol. The van der Waals surface area contributed by atoms with Gasteiger partial charge < -0.3 is 29.9 Å². The molecule has 3 aliphatic rings. The molecule has 1 aromatic heterocycles. The van der Waals surface area contributed by atoms with Gasteiger partial charge in [-0.2, -0.15) is 0 Å². The van der Waals surface area contributed by atoms with Crippen molar-refractivity contribution in [3.63, 3.8) is 0 Å². The van der Waals surface area contributed by atoms with Crippen molar-refractivity contribution in [2.24, 2.45) is 5.41 Å². The van der Waals surface area contributed by atoms with Crippen molar-refractivity contribution in [2.45, 2.75) is 220 Å². The lowest BCUT2D eigenvalue weighted by Crippen LogP contribution is -2.57. The fraction of sp³-hybridized carbons (Fsp3) is 0.878. The number of hydrogen-bond donors (Lipinski definition) is 2. The molecule has 9 nitrogen and oxygen atoms in total. The predicted octanol–water partition coefficient (Wildman–Crippen LogP) is 9.37. The van der Waals surface area contributed by atoms with Crippen LogP contribution in [0.4, 0.5) is 0 Å². The second-order valence-electron chi connectivity index (χ2n) is 23.3. The number of carbonyl (C=O) groups is 1. The Morgan fingerprint density at radius 2 is 1.41 bits per heavy atom. The number of piperazine rings is 1. The molecule has 1 saturated carbocycles. The molecule has 0 radical (unpaired) electrons. The first-order valence-corrected chi connectivity index (χ1v) is 23.4. The van der Waals surface area contributed by atoms with E-state index in [4.69, 9.17) is 14.5 Å². The summed E-state index contributed by atoms with van der Waals surface area (Å²) in [5.74, 6) is 1.29. The van der Waals surface area contributed by atoms with E-state index in [0.29, 0.717) is 29.8 Å². The third-order valence-corrected chi connectivity index (χ3v) is 13.3. The second-order valence-corrected chi connectivity index (χ2v) is 23.3. The minimum absolute atomic E-state index is 0.0727. The molecule has 58 heavy (non-hydrogen) atoms. The number of nitrogens with zero attached hydrogens (tertiary/aromatic N) is 4. The predicted molar refractivity (Wildman–Crippen MR) is 243 cm³/mol. The van der Waals surface area contributed by atoms with Crippen molar-refractivity contribution < 1.29 is 14.3 Å². The number of aromatic nitrogens is 1. The van der Waals surface area contributed by atoms with Crippen LogP contribution in [0.3, 0.4) is 0 Å². The average Bonchev–Trinajstić information content (AvgIpc) is 3.11. The van der Waals surface area contributed by atoms with Crippen LogP contribution in [0.1, 0.15) is 180 Å². The van der Waals surface area contributed by atoms with Gasteiger partial charge in [-0.25, -0.2) is 0 Å². The van der Waals surface area contributed by atoms with E-state index in [0.717, 1.165) is 115 Å². The van der Waals surface area contributed by atoms with Gasteiger partial charge in [0.2, 0.25) is 5.91 Å². The topological polar surface area (TPSA) is 82.2 Å². The highest BCUT2D eigenvalue weighted by Gasteiger charge is 2.36. The van der Waals surface area contributed by atoms with Gasteiger partial charge in [-0.3, -0.25) is 14.7 Å². The van der Waals surface area contributed by atoms with E-state index in [2.05, 4.69) is 128 Å². The van der Waals surface area contributed by atoms with Gasteiger partial charge in [0.1, 0.15) is 11.9 Å². The fourth-order valence-electron chi connectivity index (χ4n) is 9.06. The van der Waals surface area contributed by atoms with E-state index in [9.17, 15) is 4.79 Å². The van der Waals surface area contributed by atoms with Gasteiger partial charge >= 0.3 is 0 Å². The maximum Gasteiger partial charge on any atom is 0.222 e. The Balaban J connectivity index is 1.09. The molecule has 0 unspecified atom stereocenters. The molecule has 0 spiro atoms. The maximum absolute atomic E-state index is 12.9. The zero-order valence-electron chi connectivity index (χ0n) is 40.1. The van der Waals surface area contributed by atoms with Crippen LogP contribution in [0.2, 0.25) is 0 Å². The molecular weight excluding hydrogens is 721 g/mol. The fourth-order valence-corrected chi connectivity index (χ4v) is 9.06. The van der Waals surface area contributed by atoms with Crippen molar-refractivity contribution in [2.75, 3.05) is 52.4 Å². The monoisotopic (exact) mass is 811 g/mol. The molecule has 4 rings (SSSR count). The second kappa shape index (κ2) is 20.4. The number of ether oxygens (including phenoxy) is 2. The van der Waals surface area contributed by atoms with Crippen LogP contribution in [0.25, 0.3) is 0 Å². The summed E-state index contributed by atoms with van der Waals surface area (Å²) in [5, 5.41) is 7.74. The van der Waals surface area contributed by atoms with E-state index < -0.39 is 0 Å². The quantitative estimate of drug-likeness (QED) is 0.119. The summed E-state index contributed by atoms with van der Waals surface area (Å²) in [6, 6.07) is 5.26. The van der Waals surface area contributed by atoms with Crippen LogP contribution >= 0.6 is 0 Å². The number of rotatable bonds is 21. The van der Waals surface area contributed by atoms with Crippen molar-refractivity contribution >= 4 is 5.91 Å². The Hall–Kier alpha value is -1.78. The third kappa shape index (κ3) is 16.9. The molecule has 334 valence electrons. The molecule has 1 aromatic rings. The smallest absolute Gasteiger partial charge is 0.222 e. The highest BCUT2D eigenvalue weighted by molar-refractivity contribution is 5.76. The SMILES string of the molecule is CC(C)(C)CCCCC(=O)N1CCN(C(C)(C)CCC(C)(C)NC2CCN(CCOC(C)(C)CCC(C)(C)c3cc(OC4CC(NC(C)(C)C)C4)ccn3)CC2)CC1. The lowest BCUT2D eigenvalue weighted by atomic mass is 9.81. The zero-order chi connectivity index (χ0) is 43.0. The highest BCUT2D eigenvalue weighted by Crippen LogP contribution is 2.34. The van der Waals surface area contributed by atoms with Crippen LogP contribution in [0.15, 0.2) is 18.3 Å². The molecule has 0 bridgehead atoms. The van der Waals surface area contributed by atoms with Gasteiger partial charge in [0.25, 0.3) is 0 Å². The molecule has 0 aromatic carbocycles. The largest absolute Gasteiger partial charge is 0.490 e. The van der Waals surface area contributed by atoms with Crippen molar-refractivity contribution in [1.82, 2.24) is 30.3 Å². The number of hydrogen-bond acceptors (Lipinski definition) is 8. The van der Waals surface area contributed by atoms with E-state index >= 15 is 0 Å². The minimum atomic E-state index is -0.194. The lowest BCUT2D eigenvalue weighted by Gasteiger charge is -2.46. The summed E-state index contributed by atoms with van der Waals surface area (Å²) in [4.78, 5) is 25.0. The summed E-state index contributed by atoms with van der Waals surface area (Å²) in [6.07, 6.45) is 14.9. The Bertz CT molecular complexity index is 1390.